The van der Waals surface area contributed by atoms with Gasteiger partial charge in [0, 0.05) is 6.42 Å². The molecule has 2 N–H and O–H groups in total. The van der Waals surface area contributed by atoms with E-state index in [9.17, 15) is 14.7 Å². The molecule has 4 nitrogen and oxygen atoms in total. The first-order valence-electron chi connectivity index (χ1n) is 9.81. The molecule has 24 heavy (non-hydrogen) atoms. The Balaban J connectivity index is 0.000000144. The summed E-state index contributed by atoms with van der Waals surface area (Å²) in [6.07, 6.45) is 12.0. The number of hydrogen-bond acceptors (Lipinski definition) is 2. The van der Waals surface area contributed by atoms with Gasteiger partial charge in [0.25, 0.3) is 0 Å². The normalized spacial score (nSPS) is 43.0. The van der Waals surface area contributed by atoms with Gasteiger partial charge in [-0.3, -0.25) is 9.59 Å². The van der Waals surface area contributed by atoms with Gasteiger partial charge in [0.05, 0.1) is 5.41 Å². The standard InChI is InChI=1S/C11H16O2.C9H16O2/c12-10(13)11-4-7-1-8(5-11)3-9(2-7)6-11;1-7-2-4-8(5-3-7)6-9(10)11/h7-9H,1-6H2,(H,12,13);7-8H,2-6H2,1H3,(H,10,11). The Labute approximate surface area is 145 Å². The molecule has 0 aromatic rings. The van der Waals surface area contributed by atoms with Crippen LogP contribution in [-0.2, 0) is 9.59 Å². The smallest absolute Gasteiger partial charge is 0.309 e. The number of carboxylic acid groups (broad SMARTS) is 2. The van der Waals surface area contributed by atoms with Gasteiger partial charge in [-0.15, -0.1) is 0 Å². The maximum atomic E-state index is 11.3. The van der Waals surface area contributed by atoms with E-state index in [1.807, 2.05) is 0 Å². The fourth-order valence-corrected chi connectivity index (χ4v) is 6.15. The van der Waals surface area contributed by atoms with Crippen LogP contribution in [0.3, 0.4) is 0 Å². The zero-order chi connectivity index (χ0) is 17.3. The maximum Gasteiger partial charge on any atom is 0.309 e. The Morgan fingerprint density at radius 3 is 1.71 bits per heavy atom. The van der Waals surface area contributed by atoms with E-state index in [0.29, 0.717) is 12.3 Å². The number of rotatable bonds is 3. The molecule has 4 bridgehead atoms. The van der Waals surface area contributed by atoms with Crippen LogP contribution in [0, 0.1) is 35.0 Å². The molecule has 4 heteroatoms. The lowest BCUT2D eigenvalue weighted by Crippen LogP contribution is -2.49. The van der Waals surface area contributed by atoms with Crippen LogP contribution in [0.2, 0.25) is 0 Å². The molecule has 0 atom stereocenters. The van der Waals surface area contributed by atoms with E-state index in [0.717, 1.165) is 55.8 Å². The topological polar surface area (TPSA) is 74.6 Å². The van der Waals surface area contributed by atoms with Gasteiger partial charge in [-0.05, 0) is 81.0 Å². The van der Waals surface area contributed by atoms with Crippen molar-refractivity contribution in [2.45, 2.75) is 77.6 Å². The van der Waals surface area contributed by atoms with E-state index >= 15 is 0 Å². The SMILES string of the molecule is CC1CCC(CC(=O)O)CC1.O=C(O)C12CC3CC(CC(C3)C1)C2. The zero-order valence-corrected chi connectivity index (χ0v) is 14.9. The van der Waals surface area contributed by atoms with Gasteiger partial charge in [0.1, 0.15) is 0 Å². The molecule has 0 spiro atoms. The molecule has 0 unspecified atom stereocenters. The van der Waals surface area contributed by atoms with Crippen LogP contribution in [0.15, 0.2) is 0 Å². The van der Waals surface area contributed by atoms with Crippen LogP contribution in [0.4, 0.5) is 0 Å². The summed E-state index contributed by atoms with van der Waals surface area (Å²) in [4.78, 5) is 21.6. The second-order valence-corrected chi connectivity index (χ2v) is 9.23. The van der Waals surface area contributed by atoms with Gasteiger partial charge in [-0.2, -0.15) is 0 Å². The molecule has 0 aromatic heterocycles. The average Bonchev–Trinajstić information content (AvgIpc) is 2.48. The number of aliphatic carboxylic acids is 2. The van der Waals surface area contributed by atoms with Crippen molar-refractivity contribution in [3.63, 3.8) is 0 Å². The third-order valence-corrected chi connectivity index (χ3v) is 7.09. The van der Waals surface area contributed by atoms with E-state index in [1.54, 1.807) is 0 Å². The van der Waals surface area contributed by atoms with Crippen LogP contribution in [0.25, 0.3) is 0 Å². The predicted molar refractivity (Wildman–Crippen MR) is 91.6 cm³/mol. The van der Waals surface area contributed by atoms with Crippen molar-refractivity contribution in [1.29, 1.82) is 0 Å². The average molecular weight is 336 g/mol. The van der Waals surface area contributed by atoms with E-state index in [-0.39, 0.29) is 5.41 Å². The van der Waals surface area contributed by atoms with Crippen molar-refractivity contribution in [3.05, 3.63) is 0 Å². The second-order valence-electron chi connectivity index (χ2n) is 9.23. The lowest BCUT2D eigenvalue weighted by Gasteiger charge is -2.54. The van der Waals surface area contributed by atoms with Crippen LogP contribution >= 0.6 is 0 Å². The van der Waals surface area contributed by atoms with Gasteiger partial charge in [0.2, 0.25) is 0 Å². The van der Waals surface area contributed by atoms with Gasteiger partial charge in [-0.25, -0.2) is 0 Å². The van der Waals surface area contributed by atoms with Crippen molar-refractivity contribution in [1.82, 2.24) is 0 Å². The Hall–Kier alpha value is -1.06. The monoisotopic (exact) mass is 336 g/mol. The Bertz CT molecular complexity index is 441. The summed E-state index contributed by atoms with van der Waals surface area (Å²) in [6, 6.07) is 0. The van der Waals surface area contributed by atoms with Crippen LogP contribution in [0.1, 0.15) is 77.6 Å². The van der Waals surface area contributed by atoms with Crippen LogP contribution < -0.4 is 0 Å². The van der Waals surface area contributed by atoms with Crippen LogP contribution in [0.5, 0.6) is 0 Å². The Kier molecular flexibility index (Phi) is 5.22. The fourth-order valence-electron chi connectivity index (χ4n) is 6.15. The first-order valence-corrected chi connectivity index (χ1v) is 9.81. The molecule has 0 heterocycles. The summed E-state index contributed by atoms with van der Waals surface area (Å²) in [5.74, 6) is 2.40. The fraction of sp³-hybridized carbons (Fsp3) is 0.900. The quantitative estimate of drug-likeness (QED) is 0.791. The largest absolute Gasteiger partial charge is 0.481 e. The molecule has 0 saturated heterocycles. The molecule has 5 aliphatic carbocycles. The third kappa shape index (κ3) is 3.94. The van der Waals surface area contributed by atoms with Crippen LogP contribution in [-0.4, -0.2) is 22.2 Å². The van der Waals surface area contributed by atoms with Crippen molar-refractivity contribution in [2.24, 2.45) is 35.0 Å². The Morgan fingerprint density at radius 1 is 0.875 bits per heavy atom. The van der Waals surface area contributed by atoms with Crippen molar-refractivity contribution in [2.75, 3.05) is 0 Å². The summed E-state index contributed by atoms with van der Waals surface area (Å²) in [6.45, 7) is 2.25. The molecule has 5 rings (SSSR count). The van der Waals surface area contributed by atoms with Crippen molar-refractivity contribution in [3.8, 4) is 0 Å². The summed E-state index contributed by atoms with van der Waals surface area (Å²) < 4.78 is 0. The van der Waals surface area contributed by atoms with Gasteiger partial charge < -0.3 is 10.2 Å². The zero-order valence-electron chi connectivity index (χ0n) is 14.9. The molecule has 5 aliphatic rings. The number of carboxylic acids is 2. The maximum absolute atomic E-state index is 11.3. The lowest BCUT2D eigenvalue weighted by atomic mass is 9.49. The first kappa shape index (κ1) is 17.8. The summed E-state index contributed by atoms with van der Waals surface area (Å²) in [5.41, 5.74) is -0.283. The molecule has 0 aliphatic heterocycles. The first-order chi connectivity index (χ1) is 11.4. The van der Waals surface area contributed by atoms with E-state index in [1.165, 1.54) is 32.1 Å². The highest BCUT2D eigenvalue weighted by Gasteiger charge is 2.54. The highest BCUT2D eigenvalue weighted by molar-refractivity contribution is 5.75. The van der Waals surface area contributed by atoms with Gasteiger partial charge in [-0.1, -0.05) is 19.8 Å². The number of hydrogen-bond donors (Lipinski definition) is 2. The summed E-state index contributed by atoms with van der Waals surface area (Å²) in [7, 11) is 0. The Morgan fingerprint density at radius 2 is 1.33 bits per heavy atom. The van der Waals surface area contributed by atoms with Gasteiger partial charge in [0.15, 0.2) is 0 Å². The second kappa shape index (κ2) is 7.05. The molecular formula is C20H32O4. The minimum atomic E-state index is -0.635. The molecule has 0 aromatic carbocycles. The van der Waals surface area contributed by atoms with E-state index in [4.69, 9.17) is 5.11 Å². The summed E-state index contributed by atoms with van der Waals surface area (Å²) in [5, 5.41) is 17.8. The molecule has 0 radical (unpaired) electrons. The highest BCUT2D eigenvalue weighted by atomic mass is 16.4. The lowest BCUT2D eigenvalue weighted by molar-refractivity contribution is -0.164. The molecule has 136 valence electrons. The van der Waals surface area contributed by atoms with Crippen molar-refractivity contribution < 1.29 is 19.8 Å². The van der Waals surface area contributed by atoms with E-state index in [2.05, 4.69) is 6.92 Å². The molecular weight excluding hydrogens is 304 g/mol. The minimum absolute atomic E-state index is 0.283. The predicted octanol–water partition coefficient (Wildman–Crippen LogP) is 4.57. The van der Waals surface area contributed by atoms with Crippen molar-refractivity contribution >= 4 is 11.9 Å². The highest BCUT2D eigenvalue weighted by Crippen LogP contribution is 2.60. The van der Waals surface area contributed by atoms with E-state index < -0.39 is 11.9 Å². The number of carbonyl (C=O) groups is 2. The molecule has 0 amide bonds. The third-order valence-electron chi connectivity index (χ3n) is 7.09. The minimum Gasteiger partial charge on any atom is -0.481 e. The van der Waals surface area contributed by atoms with Gasteiger partial charge >= 0.3 is 11.9 Å². The molecule has 5 fully saturated rings. The summed E-state index contributed by atoms with van der Waals surface area (Å²) >= 11 is 0. The molecule has 5 saturated carbocycles.